The summed E-state index contributed by atoms with van der Waals surface area (Å²) in [5.41, 5.74) is 0. The Hall–Kier alpha value is -1.26. The van der Waals surface area contributed by atoms with Crippen molar-refractivity contribution in [2.24, 2.45) is 5.92 Å². The summed E-state index contributed by atoms with van der Waals surface area (Å²) in [6.45, 7) is 4.07. The second-order valence-electron chi connectivity index (χ2n) is 5.57. The molecule has 0 heterocycles. The number of carboxylic acid groups (broad SMARTS) is 1. The fourth-order valence-electron chi connectivity index (χ4n) is 2.82. The van der Waals surface area contributed by atoms with Gasteiger partial charge >= 0.3 is 12.0 Å². The number of amides is 2. The molecule has 2 N–H and O–H groups in total. The summed E-state index contributed by atoms with van der Waals surface area (Å²) in [4.78, 5) is 24.9. The van der Waals surface area contributed by atoms with Gasteiger partial charge in [0.25, 0.3) is 0 Å². The molecule has 1 rings (SSSR count). The minimum absolute atomic E-state index is 0.227. The van der Waals surface area contributed by atoms with Gasteiger partial charge in [-0.3, -0.25) is 0 Å². The van der Waals surface area contributed by atoms with Crippen molar-refractivity contribution in [3.63, 3.8) is 0 Å². The van der Waals surface area contributed by atoms with E-state index in [2.05, 4.69) is 12.2 Å². The fraction of sp³-hybridized carbons (Fsp3) is 0.857. The van der Waals surface area contributed by atoms with Crippen LogP contribution >= 0.6 is 0 Å². The molecule has 0 aliphatic heterocycles. The van der Waals surface area contributed by atoms with E-state index in [9.17, 15) is 9.59 Å². The van der Waals surface area contributed by atoms with Crippen LogP contribution in [0.5, 0.6) is 0 Å². The Balaban J connectivity index is 2.57. The third-order valence-electron chi connectivity index (χ3n) is 4.06. The second-order valence-corrected chi connectivity index (χ2v) is 5.57. The van der Waals surface area contributed by atoms with Gasteiger partial charge in [-0.1, -0.05) is 33.1 Å². The molecule has 19 heavy (non-hydrogen) atoms. The molecule has 0 saturated heterocycles. The maximum atomic E-state index is 12.1. The monoisotopic (exact) mass is 270 g/mol. The standard InChI is InChI=1S/C14H26N2O3/c1-4-7-11(13(17)18)15-14(19)16(3)12-9-6-5-8-10(12)2/h10-12H,4-9H2,1-3H3,(H,15,19)(H,17,18)/t10?,11-,12?/m0/s1. The van der Waals surface area contributed by atoms with Crippen molar-refractivity contribution >= 4 is 12.0 Å². The van der Waals surface area contributed by atoms with E-state index in [0.29, 0.717) is 12.3 Å². The van der Waals surface area contributed by atoms with Crippen molar-refractivity contribution < 1.29 is 14.7 Å². The van der Waals surface area contributed by atoms with Crippen LogP contribution in [0.4, 0.5) is 4.79 Å². The van der Waals surface area contributed by atoms with Gasteiger partial charge in [0.2, 0.25) is 0 Å². The molecule has 2 unspecified atom stereocenters. The summed E-state index contributed by atoms with van der Waals surface area (Å²) in [5.74, 6) is -0.473. The first kappa shape index (κ1) is 15.8. The Labute approximate surface area is 115 Å². The van der Waals surface area contributed by atoms with Crippen LogP contribution in [0.1, 0.15) is 52.4 Å². The van der Waals surface area contributed by atoms with Crippen LogP contribution in [0.2, 0.25) is 0 Å². The molecule has 0 aromatic heterocycles. The van der Waals surface area contributed by atoms with E-state index in [1.54, 1.807) is 11.9 Å². The van der Waals surface area contributed by atoms with Gasteiger partial charge in [-0.05, 0) is 25.2 Å². The topological polar surface area (TPSA) is 69.6 Å². The molecule has 5 heteroatoms. The molecule has 1 aliphatic carbocycles. The van der Waals surface area contributed by atoms with Gasteiger partial charge in [0.05, 0.1) is 0 Å². The average Bonchev–Trinajstić information content (AvgIpc) is 2.37. The number of carbonyl (C=O) groups excluding carboxylic acids is 1. The largest absolute Gasteiger partial charge is 0.480 e. The molecule has 1 aliphatic rings. The lowest BCUT2D eigenvalue weighted by atomic mass is 9.85. The first-order valence-corrected chi connectivity index (χ1v) is 7.23. The Morgan fingerprint density at radius 1 is 1.37 bits per heavy atom. The molecule has 3 atom stereocenters. The normalized spacial score (nSPS) is 24.6. The van der Waals surface area contributed by atoms with Crippen molar-refractivity contribution in [3.05, 3.63) is 0 Å². The van der Waals surface area contributed by atoms with Gasteiger partial charge in [0.15, 0.2) is 0 Å². The van der Waals surface area contributed by atoms with Gasteiger partial charge in [-0.25, -0.2) is 9.59 Å². The number of urea groups is 1. The van der Waals surface area contributed by atoms with Crippen LogP contribution in [0.15, 0.2) is 0 Å². The highest BCUT2D eigenvalue weighted by Crippen LogP contribution is 2.27. The number of nitrogens with one attached hydrogen (secondary N) is 1. The number of carbonyl (C=O) groups is 2. The number of aliphatic carboxylic acids is 1. The SMILES string of the molecule is CCC[C@H](NC(=O)N(C)C1CCCCC1C)C(=O)O. The third kappa shape index (κ3) is 4.40. The average molecular weight is 270 g/mol. The minimum Gasteiger partial charge on any atom is -0.480 e. The zero-order valence-corrected chi connectivity index (χ0v) is 12.2. The number of nitrogens with zero attached hydrogens (tertiary/aromatic N) is 1. The lowest BCUT2D eigenvalue weighted by Crippen LogP contribution is -2.51. The Kier molecular flexibility index (Phi) is 6.12. The van der Waals surface area contributed by atoms with E-state index >= 15 is 0 Å². The van der Waals surface area contributed by atoms with E-state index in [1.165, 1.54) is 6.42 Å². The van der Waals surface area contributed by atoms with Gasteiger partial charge in [-0.15, -0.1) is 0 Å². The smallest absolute Gasteiger partial charge is 0.326 e. The van der Waals surface area contributed by atoms with Crippen molar-refractivity contribution in [1.82, 2.24) is 10.2 Å². The summed E-state index contributed by atoms with van der Waals surface area (Å²) in [6, 6.07) is -0.816. The molecular weight excluding hydrogens is 244 g/mol. The molecule has 1 fully saturated rings. The van der Waals surface area contributed by atoms with Crippen LogP contribution in [-0.2, 0) is 4.79 Å². The van der Waals surface area contributed by atoms with Crippen LogP contribution in [-0.4, -0.2) is 41.1 Å². The molecule has 0 bridgehead atoms. The van der Waals surface area contributed by atoms with Crippen LogP contribution < -0.4 is 5.32 Å². The van der Waals surface area contributed by atoms with Crippen LogP contribution in [0, 0.1) is 5.92 Å². The number of rotatable bonds is 5. The molecule has 110 valence electrons. The number of carboxylic acids is 1. The van der Waals surface area contributed by atoms with Gasteiger partial charge in [0, 0.05) is 13.1 Å². The Morgan fingerprint density at radius 3 is 2.53 bits per heavy atom. The minimum atomic E-state index is -0.958. The van der Waals surface area contributed by atoms with Crippen LogP contribution in [0.25, 0.3) is 0 Å². The number of hydrogen-bond donors (Lipinski definition) is 2. The molecule has 0 aromatic carbocycles. The predicted molar refractivity (Wildman–Crippen MR) is 74.0 cm³/mol. The first-order chi connectivity index (χ1) is 8.97. The van der Waals surface area contributed by atoms with Gasteiger partial charge in [-0.2, -0.15) is 0 Å². The second kappa shape index (κ2) is 7.36. The molecule has 0 aromatic rings. The predicted octanol–water partition coefficient (Wildman–Crippen LogP) is 2.46. The Morgan fingerprint density at radius 2 is 2.00 bits per heavy atom. The molecule has 2 amide bonds. The molecule has 0 radical (unpaired) electrons. The van der Waals surface area contributed by atoms with Crippen molar-refractivity contribution in [2.45, 2.75) is 64.5 Å². The quantitative estimate of drug-likeness (QED) is 0.806. The van der Waals surface area contributed by atoms with E-state index in [4.69, 9.17) is 5.11 Å². The van der Waals surface area contributed by atoms with E-state index in [0.717, 1.165) is 25.7 Å². The first-order valence-electron chi connectivity index (χ1n) is 7.23. The maximum absolute atomic E-state index is 12.1. The fourth-order valence-corrected chi connectivity index (χ4v) is 2.82. The molecule has 1 saturated carbocycles. The van der Waals surface area contributed by atoms with Crippen molar-refractivity contribution in [2.75, 3.05) is 7.05 Å². The van der Waals surface area contributed by atoms with E-state index in [-0.39, 0.29) is 12.1 Å². The summed E-state index contributed by atoms with van der Waals surface area (Å²) in [5, 5.41) is 11.7. The maximum Gasteiger partial charge on any atom is 0.326 e. The van der Waals surface area contributed by atoms with E-state index in [1.807, 2.05) is 6.92 Å². The zero-order valence-electron chi connectivity index (χ0n) is 12.2. The summed E-state index contributed by atoms with van der Waals surface area (Å²) in [7, 11) is 1.77. The third-order valence-corrected chi connectivity index (χ3v) is 4.06. The summed E-state index contributed by atoms with van der Waals surface area (Å²) >= 11 is 0. The Bertz CT molecular complexity index is 320. The number of hydrogen-bond acceptors (Lipinski definition) is 2. The van der Waals surface area contributed by atoms with E-state index < -0.39 is 12.0 Å². The molecule has 0 spiro atoms. The summed E-state index contributed by atoms with van der Waals surface area (Å²) in [6.07, 6.45) is 5.72. The zero-order chi connectivity index (χ0) is 14.4. The molecule has 5 nitrogen and oxygen atoms in total. The van der Waals surface area contributed by atoms with Crippen LogP contribution in [0.3, 0.4) is 0 Å². The molecular formula is C14H26N2O3. The lowest BCUT2D eigenvalue weighted by Gasteiger charge is -2.36. The highest BCUT2D eigenvalue weighted by atomic mass is 16.4. The van der Waals surface area contributed by atoms with Crippen molar-refractivity contribution in [3.8, 4) is 0 Å². The van der Waals surface area contributed by atoms with Crippen molar-refractivity contribution in [1.29, 1.82) is 0 Å². The van der Waals surface area contributed by atoms with Gasteiger partial charge < -0.3 is 15.3 Å². The lowest BCUT2D eigenvalue weighted by molar-refractivity contribution is -0.139. The summed E-state index contributed by atoms with van der Waals surface area (Å²) < 4.78 is 0. The highest BCUT2D eigenvalue weighted by molar-refractivity contribution is 5.82. The highest BCUT2D eigenvalue weighted by Gasteiger charge is 2.29. The van der Waals surface area contributed by atoms with Gasteiger partial charge in [0.1, 0.15) is 6.04 Å².